The highest BCUT2D eigenvalue weighted by molar-refractivity contribution is 5.84. The number of carbonyl (C=O) groups is 2. The van der Waals surface area contributed by atoms with E-state index in [4.69, 9.17) is 29.7 Å². The number of aliphatic hydroxyl groups is 1. The van der Waals surface area contributed by atoms with Crippen LogP contribution in [0.3, 0.4) is 0 Å². The fraction of sp³-hybridized carbons (Fsp3) is 0.320. The summed E-state index contributed by atoms with van der Waals surface area (Å²) in [6, 6.07) is 15.3. The SMILES string of the molecule is CCO[C@@H](CC/C=C/C(=O)O)[C@@H](OC(=O)Nc1ccc(C#N)cc1)c1ccccc1OCCO. The smallest absolute Gasteiger partial charge is 0.412 e. The minimum atomic E-state index is -1.05. The van der Waals surface area contributed by atoms with Crippen molar-refractivity contribution in [3.63, 3.8) is 0 Å². The molecule has 0 aliphatic rings. The van der Waals surface area contributed by atoms with Crippen LogP contribution in [0.1, 0.15) is 37.0 Å². The van der Waals surface area contributed by atoms with E-state index in [1.165, 1.54) is 6.08 Å². The van der Waals surface area contributed by atoms with Gasteiger partial charge in [0.15, 0.2) is 6.10 Å². The van der Waals surface area contributed by atoms with Gasteiger partial charge in [-0.1, -0.05) is 24.3 Å². The first-order chi connectivity index (χ1) is 16.5. The minimum absolute atomic E-state index is 0.0574. The van der Waals surface area contributed by atoms with Crippen molar-refractivity contribution in [2.75, 3.05) is 25.1 Å². The van der Waals surface area contributed by atoms with Crippen molar-refractivity contribution in [1.82, 2.24) is 0 Å². The van der Waals surface area contributed by atoms with Gasteiger partial charge in [-0.2, -0.15) is 5.26 Å². The number of hydrogen-bond acceptors (Lipinski definition) is 7. The Bertz CT molecular complexity index is 999. The van der Waals surface area contributed by atoms with Crippen molar-refractivity contribution in [3.8, 4) is 11.8 Å². The summed E-state index contributed by atoms with van der Waals surface area (Å²) in [5, 5.41) is 29.6. The summed E-state index contributed by atoms with van der Waals surface area (Å²) in [7, 11) is 0. The number of nitriles is 1. The molecule has 2 aromatic rings. The van der Waals surface area contributed by atoms with E-state index in [1.54, 1.807) is 48.5 Å². The number of allylic oxidation sites excluding steroid dienone is 1. The first-order valence-corrected chi connectivity index (χ1v) is 10.8. The Balaban J connectivity index is 2.30. The van der Waals surface area contributed by atoms with Gasteiger partial charge in [-0.25, -0.2) is 9.59 Å². The molecule has 2 aromatic carbocycles. The van der Waals surface area contributed by atoms with E-state index in [2.05, 4.69) is 5.32 Å². The van der Waals surface area contributed by atoms with E-state index in [-0.39, 0.29) is 13.2 Å². The lowest BCUT2D eigenvalue weighted by Crippen LogP contribution is -2.29. The molecule has 0 aliphatic carbocycles. The molecule has 0 spiro atoms. The van der Waals surface area contributed by atoms with Gasteiger partial charge in [0.2, 0.25) is 0 Å². The van der Waals surface area contributed by atoms with E-state index in [1.807, 2.05) is 13.0 Å². The van der Waals surface area contributed by atoms with Gasteiger partial charge in [0.1, 0.15) is 12.4 Å². The highest BCUT2D eigenvalue weighted by Gasteiger charge is 2.30. The van der Waals surface area contributed by atoms with Crippen molar-refractivity contribution < 1.29 is 34.0 Å². The molecule has 0 saturated heterocycles. The number of rotatable bonds is 13. The lowest BCUT2D eigenvalue weighted by atomic mass is 9.99. The molecule has 3 N–H and O–H groups in total. The average Bonchev–Trinajstić information content (AvgIpc) is 2.84. The monoisotopic (exact) mass is 468 g/mol. The molecular formula is C25H28N2O7. The predicted molar refractivity (Wildman–Crippen MR) is 124 cm³/mol. The number of nitrogens with one attached hydrogen (secondary N) is 1. The summed E-state index contributed by atoms with van der Waals surface area (Å²) in [5.74, 6) is -0.621. The molecule has 180 valence electrons. The van der Waals surface area contributed by atoms with E-state index >= 15 is 0 Å². The Hall–Kier alpha value is -3.87. The van der Waals surface area contributed by atoms with Gasteiger partial charge in [0.05, 0.1) is 24.3 Å². The number of carboxylic acids is 1. The standard InChI is InChI=1S/C25H28N2O7/c1-2-32-22(9-5-6-10-23(29)30)24(20-7-3-4-8-21(20)33-16-15-28)34-25(31)27-19-13-11-18(17-26)12-14-19/h3-4,6-8,10-14,22,24,28H,2,5,9,15-16H2,1H3,(H,27,31)(H,29,30)/b10-6+/t22-,24-/m0/s1. The van der Waals surface area contributed by atoms with Gasteiger partial charge in [-0.3, -0.25) is 5.32 Å². The normalized spacial score (nSPS) is 12.5. The summed E-state index contributed by atoms with van der Waals surface area (Å²) in [5.41, 5.74) is 1.45. The Kier molecular flexibility index (Phi) is 11.1. The number of aliphatic carboxylic acids is 1. The van der Waals surface area contributed by atoms with Crippen LogP contribution in [0.5, 0.6) is 5.75 Å². The highest BCUT2D eigenvalue weighted by Crippen LogP contribution is 2.34. The van der Waals surface area contributed by atoms with E-state index < -0.39 is 24.3 Å². The van der Waals surface area contributed by atoms with Crippen LogP contribution < -0.4 is 10.1 Å². The zero-order valence-electron chi connectivity index (χ0n) is 18.8. The van der Waals surface area contributed by atoms with E-state index in [0.29, 0.717) is 42.0 Å². The molecule has 0 bridgehead atoms. The molecule has 9 nitrogen and oxygen atoms in total. The summed E-state index contributed by atoms with van der Waals surface area (Å²) >= 11 is 0. The summed E-state index contributed by atoms with van der Waals surface area (Å²) < 4.78 is 17.3. The summed E-state index contributed by atoms with van der Waals surface area (Å²) in [6.07, 6.45) is 1.09. The summed E-state index contributed by atoms with van der Waals surface area (Å²) in [6.45, 7) is 2.02. The zero-order valence-corrected chi connectivity index (χ0v) is 18.8. The van der Waals surface area contributed by atoms with Crippen molar-refractivity contribution >= 4 is 17.7 Å². The molecule has 0 aromatic heterocycles. The van der Waals surface area contributed by atoms with Crippen LogP contribution in [0.25, 0.3) is 0 Å². The highest BCUT2D eigenvalue weighted by atomic mass is 16.6. The third-order valence-corrected chi connectivity index (χ3v) is 4.67. The molecule has 0 fully saturated rings. The van der Waals surface area contributed by atoms with Crippen LogP contribution in [0.2, 0.25) is 0 Å². The van der Waals surface area contributed by atoms with E-state index in [9.17, 15) is 9.59 Å². The number of amides is 1. The van der Waals surface area contributed by atoms with Gasteiger partial charge >= 0.3 is 12.1 Å². The molecule has 34 heavy (non-hydrogen) atoms. The number of carboxylic acid groups (broad SMARTS) is 1. The predicted octanol–water partition coefficient (Wildman–Crippen LogP) is 4.05. The maximum atomic E-state index is 12.8. The number of benzene rings is 2. The van der Waals surface area contributed by atoms with Gasteiger partial charge in [-0.05, 0) is 50.1 Å². The van der Waals surface area contributed by atoms with Crippen LogP contribution in [-0.4, -0.2) is 48.2 Å². The second-order valence-electron chi connectivity index (χ2n) is 7.06. The lowest BCUT2D eigenvalue weighted by Gasteiger charge is -2.28. The molecular weight excluding hydrogens is 440 g/mol. The van der Waals surface area contributed by atoms with Crippen LogP contribution in [0.4, 0.5) is 10.5 Å². The number of carbonyl (C=O) groups excluding carboxylic acids is 1. The third-order valence-electron chi connectivity index (χ3n) is 4.67. The largest absolute Gasteiger partial charge is 0.491 e. The van der Waals surface area contributed by atoms with Crippen LogP contribution in [-0.2, 0) is 14.3 Å². The fourth-order valence-electron chi connectivity index (χ4n) is 3.21. The molecule has 2 atom stereocenters. The van der Waals surface area contributed by atoms with Gasteiger partial charge in [0.25, 0.3) is 0 Å². The average molecular weight is 469 g/mol. The molecule has 0 aliphatic heterocycles. The Morgan fingerprint density at radius 2 is 1.91 bits per heavy atom. The fourth-order valence-corrected chi connectivity index (χ4v) is 3.21. The first-order valence-electron chi connectivity index (χ1n) is 10.8. The number of hydrogen-bond donors (Lipinski definition) is 3. The van der Waals surface area contributed by atoms with Crippen LogP contribution >= 0.6 is 0 Å². The Morgan fingerprint density at radius 3 is 2.56 bits per heavy atom. The number of nitrogens with zero attached hydrogens (tertiary/aromatic N) is 1. The van der Waals surface area contributed by atoms with Crippen LogP contribution in [0, 0.1) is 11.3 Å². The molecule has 1 amide bonds. The quantitative estimate of drug-likeness (QED) is 0.374. The maximum Gasteiger partial charge on any atom is 0.412 e. The molecule has 9 heteroatoms. The second kappa shape index (κ2) is 14.3. The van der Waals surface area contributed by atoms with Gasteiger partial charge in [-0.15, -0.1) is 0 Å². The minimum Gasteiger partial charge on any atom is -0.491 e. The molecule has 2 rings (SSSR count). The number of para-hydroxylation sites is 1. The number of anilines is 1. The first kappa shape index (κ1) is 26.4. The Morgan fingerprint density at radius 1 is 1.18 bits per heavy atom. The Labute approximate surface area is 198 Å². The third kappa shape index (κ3) is 8.58. The topological polar surface area (TPSA) is 138 Å². The van der Waals surface area contributed by atoms with Crippen molar-refractivity contribution in [2.24, 2.45) is 0 Å². The number of aliphatic hydroxyl groups excluding tert-OH is 1. The molecule has 0 unspecified atom stereocenters. The second-order valence-corrected chi connectivity index (χ2v) is 7.06. The van der Waals surface area contributed by atoms with Gasteiger partial charge < -0.3 is 24.4 Å². The molecule has 0 saturated carbocycles. The molecule has 0 heterocycles. The van der Waals surface area contributed by atoms with Crippen molar-refractivity contribution in [3.05, 3.63) is 71.8 Å². The van der Waals surface area contributed by atoms with Crippen molar-refractivity contribution in [1.29, 1.82) is 5.26 Å². The lowest BCUT2D eigenvalue weighted by molar-refractivity contribution is -0.131. The summed E-state index contributed by atoms with van der Waals surface area (Å²) in [4.78, 5) is 23.6. The van der Waals surface area contributed by atoms with Crippen LogP contribution in [0.15, 0.2) is 60.7 Å². The number of ether oxygens (including phenoxy) is 3. The maximum absolute atomic E-state index is 12.8. The van der Waals surface area contributed by atoms with E-state index in [0.717, 1.165) is 6.08 Å². The van der Waals surface area contributed by atoms with Crippen molar-refractivity contribution in [2.45, 2.75) is 32.0 Å². The van der Waals surface area contributed by atoms with Gasteiger partial charge in [0, 0.05) is 23.9 Å². The molecule has 0 radical (unpaired) electrons. The zero-order chi connectivity index (χ0) is 24.8.